The summed E-state index contributed by atoms with van der Waals surface area (Å²) >= 11 is 6.79. The number of methoxy groups -OCH3 is 1. The predicted octanol–water partition coefficient (Wildman–Crippen LogP) is 7.21. The summed E-state index contributed by atoms with van der Waals surface area (Å²) in [5.41, 5.74) is -1.60. The molecule has 0 aliphatic rings. The van der Waals surface area contributed by atoms with Crippen molar-refractivity contribution in [2.45, 2.75) is 25.2 Å². The molecule has 0 radical (unpaired) electrons. The minimum atomic E-state index is -4.80. The van der Waals surface area contributed by atoms with Crippen LogP contribution >= 0.6 is 11.6 Å². The Kier molecular flexibility index (Phi) is 10.9. The number of hydrogen-bond acceptors (Lipinski definition) is 9. The van der Waals surface area contributed by atoms with Crippen molar-refractivity contribution in [3.8, 4) is 22.8 Å². The van der Waals surface area contributed by atoms with Gasteiger partial charge < -0.3 is 15.2 Å². The van der Waals surface area contributed by atoms with Gasteiger partial charge in [0.25, 0.3) is 5.56 Å². The third-order valence-corrected chi connectivity index (χ3v) is 10.7. The second-order valence-corrected chi connectivity index (χ2v) is 15.8. The van der Waals surface area contributed by atoms with E-state index in [4.69, 9.17) is 16.3 Å². The summed E-state index contributed by atoms with van der Waals surface area (Å²) in [5.74, 6) is -2.24. The predicted molar refractivity (Wildman–Crippen MR) is 211 cm³/mol. The first-order valence-electron chi connectivity index (χ1n) is 17.5. The highest BCUT2D eigenvalue weighted by molar-refractivity contribution is 7.92. The van der Waals surface area contributed by atoms with Crippen LogP contribution in [0.1, 0.15) is 28.7 Å². The number of aromatic nitrogens is 6. The maximum atomic E-state index is 14.8. The standard InChI is InChI=1S/C39H30ClF5N8O6S/c1-51-33-30(11-10-27(40)32(33)36(50-51)52(60(3,57)58)19-20-4-7-25(59-2)8-5-20)53-35(29(48-38(55)56)16-21-14-23(41)18-24(42)15-21)47-28-17-22(6-9-26(28)37(53)54)34-46-13-12-31(49-34)39(43,44)45/h4-15,17-18,29,48H,16,19H2,1-3H3,(H,55,56). The number of alkyl halides is 3. The molecule has 1 atom stereocenters. The summed E-state index contributed by atoms with van der Waals surface area (Å²) in [6.45, 7) is -0.203. The Hall–Kier alpha value is -6.67. The fourth-order valence-electron chi connectivity index (χ4n) is 6.72. The maximum absolute atomic E-state index is 14.8. The van der Waals surface area contributed by atoms with Gasteiger partial charge in [-0.2, -0.15) is 18.3 Å². The van der Waals surface area contributed by atoms with E-state index in [0.29, 0.717) is 23.4 Å². The molecule has 0 aliphatic heterocycles. The molecule has 2 N–H and O–H groups in total. The van der Waals surface area contributed by atoms with Gasteiger partial charge >= 0.3 is 12.3 Å². The molecule has 3 aromatic heterocycles. The topological polar surface area (TPSA) is 174 Å². The molecule has 1 amide bonds. The number of ether oxygens (including phenoxy) is 1. The van der Waals surface area contributed by atoms with Gasteiger partial charge in [0.2, 0.25) is 10.0 Å². The molecule has 0 aliphatic carbocycles. The minimum absolute atomic E-state index is 0.0158. The number of hydrogen-bond donors (Lipinski definition) is 2. The summed E-state index contributed by atoms with van der Waals surface area (Å²) in [7, 11) is -1.14. The molecule has 0 bridgehead atoms. The first kappa shape index (κ1) is 41.5. The lowest BCUT2D eigenvalue weighted by molar-refractivity contribution is -0.141. The molecule has 14 nitrogen and oxygen atoms in total. The Morgan fingerprint density at radius 1 is 0.983 bits per heavy atom. The van der Waals surface area contributed by atoms with Crippen molar-refractivity contribution in [2.75, 3.05) is 17.7 Å². The zero-order valence-electron chi connectivity index (χ0n) is 31.4. The Morgan fingerprint density at radius 3 is 2.32 bits per heavy atom. The molecule has 7 aromatic rings. The minimum Gasteiger partial charge on any atom is -0.497 e. The van der Waals surface area contributed by atoms with Crippen LogP contribution < -0.4 is 19.9 Å². The lowest BCUT2D eigenvalue weighted by atomic mass is 10.0. The van der Waals surface area contributed by atoms with Crippen LogP contribution in [0.25, 0.3) is 38.9 Å². The van der Waals surface area contributed by atoms with Crippen molar-refractivity contribution in [3.63, 3.8) is 0 Å². The number of rotatable bonds is 11. The van der Waals surface area contributed by atoms with Crippen LogP contribution in [0.15, 0.2) is 89.9 Å². The molecule has 0 spiro atoms. The van der Waals surface area contributed by atoms with Gasteiger partial charge in [0.05, 0.1) is 58.5 Å². The monoisotopic (exact) mass is 868 g/mol. The number of fused-ring (bicyclic) bond motifs is 2. The Balaban J connectivity index is 1.50. The summed E-state index contributed by atoms with van der Waals surface area (Å²) in [6.07, 6.45) is -5.00. The number of carboxylic acid groups (broad SMARTS) is 1. The van der Waals surface area contributed by atoms with Crippen LogP contribution in [0.5, 0.6) is 5.75 Å². The van der Waals surface area contributed by atoms with Gasteiger partial charge in [-0.15, -0.1) is 0 Å². The van der Waals surface area contributed by atoms with Crippen LogP contribution in [0, 0.1) is 11.6 Å². The molecule has 60 heavy (non-hydrogen) atoms. The highest BCUT2D eigenvalue weighted by Gasteiger charge is 2.33. The summed E-state index contributed by atoms with van der Waals surface area (Å²) in [4.78, 5) is 39.4. The van der Waals surface area contributed by atoms with Crippen molar-refractivity contribution in [2.24, 2.45) is 7.05 Å². The Morgan fingerprint density at radius 2 is 1.68 bits per heavy atom. The molecule has 4 aromatic carbocycles. The summed E-state index contributed by atoms with van der Waals surface area (Å²) < 4.78 is 105. The molecule has 21 heteroatoms. The van der Waals surface area contributed by atoms with Gasteiger partial charge in [-0.1, -0.05) is 29.8 Å². The van der Waals surface area contributed by atoms with Crippen molar-refractivity contribution in [3.05, 3.63) is 135 Å². The molecule has 3 heterocycles. The van der Waals surface area contributed by atoms with E-state index in [1.165, 1.54) is 49.2 Å². The van der Waals surface area contributed by atoms with Crippen LogP contribution in [0.4, 0.5) is 32.6 Å². The number of aryl methyl sites for hydroxylation is 1. The van der Waals surface area contributed by atoms with E-state index in [-0.39, 0.29) is 67.7 Å². The normalized spacial score (nSPS) is 12.5. The number of nitrogens with one attached hydrogen (secondary N) is 1. The van der Waals surface area contributed by atoms with E-state index in [2.05, 4.69) is 25.4 Å². The van der Waals surface area contributed by atoms with E-state index < -0.39 is 57.6 Å². The number of halogens is 6. The number of amides is 1. The van der Waals surface area contributed by atoms with Crippen molar-refractivity contribution in [1.82, 2.24) is 34.6 Å². The van der Waals surface area contributed by atoms with E-state index >= 15 is 0 Å². The van der Waals surface area contributed by atoms with E-state index in [1.807, 2.05) is 0 Å². The number of nitrogens with zero attached hydrogens (tertiary/aromatic N) is 7. The average molecular weight is 869 g/mol. The second kappa shape index (κ2) is 15.8. The first-order chi connectivity index (χ1) is 28.3. The van der Waals surface area contributed by atoms with Gasteiger partial charge in [-0.25, -0.2) is 41.3 Å². The molecule has 310 valence electrons. The van der Waals surface area contributed by atoms with Crippen LogP contribution in [0.2, 0.25) is 5.02 Å². The van der Waals surface area contributed by atoms with Gasteiger partial charge in [0.1, 0.15) is 28.9 Å². The van der Waals surface area contributed by atoms with Crippen molar-refractivity contribution in [1.29, 1.82) is 0 Å². The van der Waals surface area contributed by atoms with Crippen LogP contribution in [0.3, 0.4) is 0 Å². The van der Waals surface area contributed by atoms with Gasteiger partial charge in [0.15, 0.2) is 11.6 Å². The molecular weight excluding hydrogens is 839 g/mol. The van der Waals surface area contributed by atoms with Crippen molar-refractivity contribution < 1.29 is 45.0 Å². The third-order valence-electron chi connectivity index (χ3n) is 9.33. The zero-order chi connectivity index (χ0) is 43.3. The smallest absolute Gasteiger partial charge is 0.433 e. The largest absolute Gasteiger partial charge is 0.497 e. The molecular formula is C39H30ClF5N8O6S. The number of anilines is 1. The molecule has 0 saturated heterocycles. The number of benzene rings is 4. The lowest BCUT2D eigenvalue weighted by Gasteiger charge is -2.23. The van der Waals surface area contributed by atoms with Gasteiger partial charge in [-0.3, -0.25) is 14.0 Å². The highest BCUT2D eigenvalue weighted by Crippen LogP contribution is 2.38. The van der Waals surface area contributed by atoms with Crippen LogP contribution in [-0.2, 0) is 36.2 Å². The fourth-order valence-corrected chi connectivity index (χ4v) is 7.79. The van der Waals surface area contributed by atoms with Gasteiger partial charge in [-0.05, 0) is 65.7 Å². The molecule has 0 fully saturated rings. The Bertz CT molecular complexity index is 2980. The number of carbonyl (C=O) groups is 1. The SMILES string of the molecule is COc1ccc(CN(c2nn(C)c3c(-n4c(C(Cc5cc(F)cc(F)c5)NC(=O)O)nc5cc(-c6nccc(C(F)(F)F)n6)ccc5c4=O)ccc(Cl)c23)S(C)(=O)=O)cc1. The first-order valence-corrected chi connectivity index (χ1v) is 19.7. The average Bonchev–Trinajstić information content (AvgIpc) is 3.53. The third kappa shape index (κ3) is 8.28. The fraction of sp³-hybridized carbons (Fsp3) is 0.179. The Labute approximate surface area is 341 Å². The van der Waals surface area contributed by atoms with E-state index in [0.717, 1.165) is 33.5 Å². The molecule has 1 unspecified atom stereocenters. The molecule has 0 saturated carbocycles. The zero-order valence-corrected chi connectivity index (χ0v) is 32.9. The summed E-state index contributed by atoms with van der Waals surface area (Å²) in [5, 5.41) is 16.8. The quantitative estimate of drug-likeness (QED) is 0.127. The second-order valence-electron chi connectivity index (χ2n) is 13.4. The van der Waals surface area contributed by atoms with E-state index in [9.17, 15) is 45.1 Å². The summed E-state index contributed by atoms with van der Waals surface area (Å²) in [6, 6.07) is 14.9. The highest BCUT2D eigenvalue weighted by atomic mass is 35.5. The van der Waals surface area contributed by atoms with E-state index in [1.54, 1.807) is 24.3 Å². The number of sulfonamides is 1. The maximum Gasteiger partial charge on any atom is 0.433 e. The van der Waals surface area contributed by atoms with Gasteiger partial charge in [0, 0.05) is 31.3 Å². The lowest BCUT2D eigenvalue weighted by Crippen LogP contribution is -2.35. The van der Waals surface area contributed by atoms with Crippen molar-refractivity contribution >= 4 is 55.3 Å². The van der Waals surface area contributed by atoms with Crippen LogP contribution in [-0.4, -0.2) is 62.3 Å². The molecule has 7 rings (SSSR count).